The highest BCUT2D eigenvalue weighted by molar-refractivity contribution is 6.01. The summed E-state index contributed by atoms with van der Waals surface area (Å²) in [7, 11) is 0. The van der Waals surface area contributed by atoms with Crippen LogP contribution in [0, 0.1) is 34.5 Å². The maximum absolute atomic E-state index is 13.2. The van der Waals surface area contributed by atoms with Crippen molar-refractivity contribution in [3.63, 3.8) is 0 Å². The van der Waals surface area contributed by atoms with E-state index < -0.39 is 29.4 Å². The minimum absolute atomic E-state index is 0.209. The highest BCUT2D eigenvalue weighted by atomic mass is 16.6. The van der Waals surface area contributed by atoms with Crippen molar-refractivity contribution in [1.29, 1.82) is 0 Å². The van der Waals surface area contributed by atoms with Crippen molar-refractivity contribution in [1.82, 2.24) is 0 Å². The number of hydrogen-bond acceptors (Lipinski definition) is 5. The maximum atomic E-state index is 13.2. The second-order valence-electron chi connectivity index (χ2n) is 9.76. The van der Waals surface area contributed by atoms with Crippen molar-refractivity contribution in [3.05, 3.63) is 24.3 Å². The van der Waals surface area contributed by atoms with Crippen LogP contribution in [0.4, 0.5) is 0 Å². The fraction of sp³-hybridized carbons (Fsp3) is 0.727. The molecule has 0 aromatic carbocycles. The van der Waals surface area contributed by atoms with Gasteiger partial charge in [-0.3, -0.25) is 9.59 Å². The first-order valence-corrected chi connectivity index (χ1v) is 10.1. The molecule has 4 aliphatic carbocycles. The van der Waals surface area contributed by atoms with Gasteiger partial charge in [0.05, 0.1) is 6.61 Å². The number of allylic oxidation sites excluding steroid dienone is 2. The summed E-state index contributed by atoms with van der Waals surface area (Å²) in [5.41, 5.74) is -2.53. The number of aliphatic hydroxyl groups is 1. The Balaban J connectivity index is 1.53. The summed E-state index contributed by atoms with van der Waals surface area (Å²) >= 11 is 0. The molecule has 0 heterocycles. The van der Waals surface area contributed by atoms with Crippen LogP contribution in [0.3, 0.4) is 0 Å². The van der Waals surface area contributed by atoms with Crippen molar-refractivity contribution >= 4 is 11.9 Å². The number of carbonyl (C=O) groups excluding carboxylic acids is 2. The summed E-state index contributed by atoms with van der Waals surface area (Å²) < 4.78 is 11.6. The van der Waals surface area contributed by atoms with Gasteiger partial charge >= 0.3 is 11.9 Å². The molecule has 6 unspecified atom stereocenters. The Hall–Kier alpha value is -1.62. The molecule has 5 heteroatoms. The van der Waals surface area contributed by atoms with Gasteiger partial charge in [-0.15, -0.1) is 0 Å². The predicted molar refractivity (Wildman–Crippen MR) is 99.4 cm³/mol. The number of ether oxygens (including phenoxy) is 2. The summed E-state index contributed by atoms with van der Waals surface area (Å²) in [6, 6.07) is 0. The van der Waals surface area contributed by atoms with Crippen LogP contribution in [0.25, 0.3) is 0 Å². The molecule has 0 aromatic heterocycles. The molecule has 2 saturated carbocycles. The van der Waals surface area contributed by atoms with E-state index in [1.54, 1.807) is 20.8 Å². The van der Waals surface area contributed by atoms with Gasteiger partial charge in [-0.25, -0.2) is 0 Å². The number of fused-ring (bicyclic) bond motifs is 4. The van der Waals surface area contributed by atoms with Gasteiger partial charge in [-0.1, -0.05) is 45.1 Å². The fourth-order valence-electron chi connectivity index (χ4n) is 5.27. The van der Waals surface area contributed by atoms with Crippen LogP contribution in [0.1, 0.15) is 46.5 Å². The first-order valence-electron chi connectivity index (χ1n) is 10.1. The molecule has 0 saturated heterocycles. The predicted octanol–water partition coefficient (Wildman–Crippen LogP) is 3.03. The van der Waals surface area contributed by atoms with E-state index >= 15 is 0 Å². The third kappa shape index (κ3) is 2.95. The molecule has 5 nitrogen and oxygen atoms in total. The van der Waals surface area contributed by atoms with E-state index in [9.17, 15) is 14.7 Å². The lowest BCUT2D eigenvalue weighted by atomic mass is 9.66. The van der Waals surface area contributed by atoms with Crippen LogP contribution in [0.5, 0.6) is 0 Å². The van der Waals surface area contributed by atoms with Crippen LogP contribution in [0.15, 0.2) is 24.3 Å². The Morgan fingerprint density at radius 2 is 1.30 bits per heavy atom. The molecule has 0 spiro atoms. The summed E-state index contributed by atoms with van der Waals surface area (Å²) in [6.45, 7) is 4.74. The van der Waals surface area contributed by atoms with E-state index in [4.69, 9.17) is 9.47 Å². The van der Waals surface area contributed by atoms with Gasteiger partial charge in [-0.05, 0) is 42.9 Å². The molecule has 4 bridgehead atoms. The topological polar surface area (TPSA) is 72.8 Å². The Kier molecular flexibility index (Phi) is 4.49. The van der Waals surface area contributed by atoms with Gasteiger partial charge in [0.2, 0.25) is 0 Å². The standard InChI is InChI=1S/C22H30O5/c1-21(2,3)22(12-23,19(24)26-17-10-13-4-6-15(17)8-13)20(25)27-18-11-14-5-7-16(18)9-14/h4-7,13-18,23H,8-12H2,1-3H3. The maximum Gasteiger partial charge on any atom is 0.326 e. The molecule has 148 valence electrons. The Labute approximate surface area is 160 Å². The number of aliphatic hydroxyl groups excluding tert-OH is 1. The lowest BCUT2D eigenvalue weighted by Gasteiger charge is -2.40. The number of hydrogen-bond donors (Lipinski definition) is 1. The van der Waals surface area contributed by atoms with Crippen LogP contribution in [0.2, 0.25) is 0 Å². The largest absolute Gasteiger partial charge is 0.461 e. The van der Waals surface area contributed by atoms with Crippen molar-refractivity contribution in [2.24, 2.45) is 34.5 Å². The van der Waals surface area contributed by atoms with Crippen molar-refractivity contribution in [2.45, 2.75) is 58.7 Å². The average Bonchev–Trinajstić information content (AvgIpc) is 3.35. The zero-order chi connectivity index (χ0) is 19.4. The summed E-state index contributed by atoms with van der Waals surface area (Å²) in [5.74, 6) is 0.0702. The molecular weight excluding hydrogens is 344 g/mol. The fourth-order valence-corrected chi connectivity index (χ4v) is 5.27. The molecule has 0 aliphatic heterocycles. The third-order valence-electron chi connectivity index (χ3n) is 7.17. The van der Waals surface area contributed by atoms with Crippen LogP contribution in [-0.4, -0.2) is 35.9 Å². The van der Waals surface area contributed by atoms with Crippen LogP contribution >= 0.6 is 0 Å². The molecule has 6 atom stereocenters. The monoisotopic (exact) mass is 374 g/mol. The lowest BCUT2D eigenvalue weighted by molar-refractivity contribution is -0.193. The van der Waals surface area contributed by atoms with E-state index in [2.05, 4.69) is 24.3 Å². The zero-order valence-electron chi connectivity index (χ0n) is 16.4. The molecule has 0 radical (unpaired) electrons. The molecule has 2 fully saturated rings. The minimum atomic E-state index is -1.70. The molecular formula is C22H30O5. The minimum Gasteiger partial charge on any atom is -0.461 e. The second kappa shape index (κ2) is 6.47. The van der Waals surface area contributed by atoms with Gasteiger partial charge in [0.1, 0.15) is 12.2 Å². The summed E-state index contributed by atoms with van der Waals surface area (Å²) in [5, 5.41) is 10.2. The number of rotatable bonds is 5. The first-order chi connectivity index (χ1) is 12.7. The molecule has 1 N–H and O–H groups in total. The smallest absolute Gasteiger partial charge is 0.326 e. The molecule has 27 heavy (non-hydrogen) atoms. The van der Waals surface area contributed by atoms with Gasteiger partial charge in [0.25, 0.3) is 0 Å². The highest BCUT2D eigenvalue weighted by Gasteiger charge is 2.59. The van der Waals surface area contributed by atoms with Gasteiger partial charge < -0.3 is 14.6 Å². The average molecular weight is 374 g/mol. The van der Waals surface area contributed by atoms with Gasteiger partial charge in [0.15, 0.2) is 5.41 Å². The van der Waals surface area contributed by atoms with Crippen LogP contribution in [-0.2, 0) is 19.1 Å². The van der Waals surface area contributed by atoms with E-state index in [1.165, 1.54) is 0 Å². The Morgan fingerprint density at radius 1 is 0.852 bits per heavy atom. The van der Waals surface area contributed by atoms with Crippen molar-refractivity contribution in [3.8, 4) is 0 Å². The highest BCUT2D eigenvalue weighted by Crippen LogP contribution is 2.47. The number of carbonyl (C=O) groups is 2. The van der Waals surface area contributed by atoms with Crippen molar-refractivity contribution in [2.75, 3.05) is 6.61 Å². The number of esters is 2. The van der Waals surface area contributed by atoms with Gasteiger partial charge in [0, 0.05) is 11.8 Å². The molecule has 4 rings (SSSR count). The van der Waals surface area contributed by atoms with E-state index in [0.717, 1.165) is 25.7 Å². The van der Waals surface area contributed by atoms with Crippen molar-refractivity contribution < 1.29 is 24.2 Å². The molecule has 0 aromatic rings. The quantitative estimate of drug-likeness (QED) is 0.455. The third-order valence-corrected chi connectivity index (χ3v) is 7.17. The molecule has 4 aliphatic rings. The Bertz CT molecular complexity index is 637. The first kappa shape index (κ1) is 18.7. The Morgan fingerprint density at radius 3 is 1.56 bits per heavy atom. The SMILES string of the molecule is CC(C)(C)C(CO)(C(=O)OC1CC2C=CC1C2)C(=O)OC1CC2C=CC1C2. The second-order valence-corrected chi connectivity index (χ2v) is 9.76. The summed E-state index contributed by atoms with van der Waals surface area (Å²) in [4.78, 5) is 26.5. The zero-order valence-corrected chi connectivity index (χ0v) is 16.4. The van der Waals surface area contributed by atoms with E-state index in [0.29, 0.717) is 11.8 Å². The molecule has 0 amide bonds. The summed E-state index contributed by atoms with van der Waals surface area (Å²) in [6.07, 6.45) is 11.7. The van der Waals surface area contributed by atoms with Gasteiger partial charge in [-0.2, -0.15) is 0 Å². The van der Waals surface area contributed by atoms with E-state index in [-0.39, 0.29) is 24.0 Å². The van der Waals surface area contributed by atoms with E-state index in [1.807, 2.05) is 0 Å². The normalized spacial score (nSPS) is 38.2. The lowest BCUT2D eigenvalue weighted by Crippen LogP contribution is -2.55. The van der Waals surface area contributed by atoms with Crippen LogP contribution < -0.4 is 0 Å².